The van der Waals surface area contributed by atoms with Crippen molar-refractivity contribution >= 4 is 10.0 Å². The van der Waals surface area contributed by atoms with Crippen molar-refractivity contribution in [2.24, 2.45) is 0 Å². The molecule has 22 heavy (non-hydrogen) atoms. The van der Waals surface area contributed by atoms with Crippen LogP contribution >= 0.6 is 0 Å². The second kappa shape index (κ2) is 7.83. The molecule has 1 aromatic carbocycles. The van der Waals surface area contributed by atoms with Crippen molar-refractivity contribution in [3.8, 4) is 11.5 Å². The molecule has 0 amide bonds. The maximum absolute atomic E-state index is 13.2. The lowest BCUT2D eigenvalue weighted by molar-refractivity contribution is 0.261. The summed E-state index contributed by atoms with van der Waals surface area (Å²) in [5, 5.41) is 0. The monoisotopic (exact) mass is 329 g/mol. The largest absolute Gasteiger partial charge is 0.497 e. The molecule has 0 spiro atoms. The van der Waals surface area contributed by atoms with Gasteiger partial charge in [0.15, 0.2) is 0 Å². The number of hydrogen-bond donors (Lipinski definition) is 0. The minimum absolute atomic E-state index is 0.0872. The fraction of sp³-hybridized carbons (Fsp3) is 0.625. The Morgan fingerprint density at radius 3 is 2.00 bits per heavy atom. The molecule has 6 heteroatoms. The fourth-order valence-corrected chi connectivity index (χ4v) is 4.51. The molecule has 0 fully saturated rings. The van der Waals surface area contributed by atoms with Crippen LogP contribution in [0, 0.1) is 0 Å². The smallest absolute Gasteiger partial charge is 0.247 e. The van der Waals surface area contributed by atoms with E-state index in [2.05, 4.69) is 0 Å². The molecular formula is C16H27NO4S. The van der Waals surface area contributed by atoms with Gasteiger partial charge in [0.05, 0.1) is 14.2 Å². The predicted octanol–water partition coefficient (Wildman–Crippen LogP) is 3.29. The first-order valence-electron chi connectivity index (χ1n) is 7.58. The molecule has 0 N–H and O–H groups in total. The van der Waals surface area contributed by atoms with Crippen molar-refractivity contribution < 1.29 is 17.9 Å². The Balaban J connectivity index is 3.48. The van der Waals surface area contributed by atoms with E-state index >= 15 is 0 Å². The highest BCUT2D eigenvalue weighted by atomic mass is 32.2. The van der Waals surface area contributed by atoms with Crippen molar-refractivity contribution in [1.29, 1.82) is 0 Å². The lowest BCUT2D eigenvalue weighted by Gasteiger charge is -2.33. The first kappa shape index (κ1) is 18.8. The number of sulfonamides is 1. The zero-order valence-electron chi connectivity index (χ0n) is 14.3. The van der Waals surface area contributed by atoms with Gasteiger partial charge in [-0.1, -0.05) is 13.8 Å². The van der Waals surface area contributed by atoms with Crippen LogP contribution < -0.4 is 9.47 Å². The van der Waals surface area contributed by atoms with Crippen LogP contribution in [0.15, 0.2) is 23.1 Å². The Bertz CT molecular complexity index is 576. The third kappa shape index (κ3) is 3.73. The maximum atomic E-state index is 13.2. The fourth-order valence-electron chi connectivity index (χ4n) is 2.37. The third-order valence-electron chi connectivity index (χ3n) is 3.98. The molecule has 0 heterocycles. The van der Waals surface area contributed by atoms with Crippen molar-refractivity contribution in [1.82, 2.24) is 4.31 Å². The van der Waals surface area contributed by atoms with Crippen LogP contribution in [0.25, 0.3) is 0 Å². The minimum atomic E-state index is -3.67. The summed E-state index contributed by atoms with van der Waals surface area (Å²) < 4.78 is 38.3. The molecule has 1 aromatic rings. The number of methoxy groups -OCH3 is 2. The second-order valence-corrected chi connectivity index (χ2v) is 7.18. The van der Waals surface area contributed by atoms with E-state index in [-0.39, 0.29) is 17.0 Å². The molecule has 0 saturated carbocycles. The van der Waals surface area contributed by atoms with Gasteiger partial charge < -0.3 is 9.47 Å². The average molecular weight is 329 g/mol. The SMILES string of the molecule is CC[C@H](C)N([C@@H](C)CC)S(=O)(=O)c1cc(OC)ccc1OC. The zero-order valence-corrected chi connectivity index (χ0v) is 15.1. The summed E-state index contributed by atoms with van der Waals surface area (Å²) in [4.78, 5) is 0.148. The Hall–Kier alpha value is -1.27. The van der Waals surface area contributed by atoms with E-state index in [1.54, 1.807) is 16.4 Å². The number of nitrogens with zero attached hydrogens (tertiary/aromatic N) is 1. The van der Waals surface area contributed by atoms with Gasteiger partial charge in [0.2, 0.25) is 10.0 Å². The number of benzene rings is 1. The van der Waals surface area contributed by atoms with E-state index in [1.807, 2.05) is 27.7 Å². The summed E-state index contributed by atoms with van der Waals surface area (Å²) in [6.45, 7) is 7.82. The Labute approximate surface area is 134 Å². The van der Waals surface area contributed by atoms with Gasteiger partial charge in [0, 0.05) is 18.2 Å². The lowest BCUT2D eigenvalue weighted by atomic mass is 10.2. The van der Waals surface area contributed by atoms with Crippen molar-refractivity contribution in [3.63, 3.8) is 0 Å². The van der Waals surface area contributed by atoms with Gasteiger partial charge in [-0.25, -0.2) is 8.42 Å². The highest BCUT2D eigenvalue weighted by Gasteiger charge is 2.34. The topological polar surface area (TPSA) is 55.8 Å². The first-order chi connectivity index (χ1) is 10.3. The van der Waals surface area contributed by atoms with Crippen LogP contribution in [0.5, 0.6) is 11.5 Å². The summed E-state index contributed by atoms with van der Waals surface area (Å²) in [6.07, 6.45) is 1.49. The Kier molecular flexibility index (Phi) is 6.68. The molecule has 5 nitrogen and oxygen atoms in total. The second-order valence-electron chi connectivity index (χ2n) is 5.37. The molecule has 0 aliphatic heterocycles. The molecule has 0 unspecified atom stereocenters. The van der Waals surface area contributed by atoms with Gasteiger partial charge in [-0.2, -0.15) is 4.31 Å². The zero-order chi connectivity index (χ0) is 16.9. The molecule has 0 bridgehead atoms. The summed E-state index contributed by atoms with van der Waals surface area (Å²) in [5.74, 6) is 0.824. The number of ether oxygens (including phenoxy) is 2. The molecule has 0 saturated heterocycles. The molecule has 2 atom stereocenters. The van der Waals surface area contributed by atoms with Crippen LogP contribution in [0.1, 0.15) is 40.5 Å². The number of rotatable bonds is 8. The van der Waals surface area contributed by atoms with Gasteiger partial charge in [-0.3, -0.25) is 0 Å². The normalized spacial score (nSPS) is 14.7. The van der Waals surface area contributed by atoms with E-state index in [9.17, 15) is 8.42 Å². The van der Waals surface area contributed by atoms with E-state index in [1.165, 1.54) is 20.3 Å². The van der Waals surface area contributed by atoms with E-state index in [4.69, 9.17) is 9.47 Å². The van der Waals surface area contributed by atoms with Crippen LogP contribution in [0.4, 0.5) is 0 Å². The summed E-state index contributed by atoms with van der Waals surface area (Å²) >= 11 is 0. The van der Waals surface area contributed by atoms with Gasteiger partial charge in [0.1, 0.15) is 16.4 Å². The summed E-state index contributed by atoms with van der Waals surface area (Å²) in [7, 11) is -0.688. The number of hydrogen-bond acceptors (Lipinski definition) is 4. The maximum Gasteiger partial charge on any atom is 0.247 e. The van der Waals surface area contributed by atoms with Crippen LogP contribution in [-0.2, 0) is 10.0 Å². The van der Waals surface area contributed by atoms with Gasteiger partial charge in [-0.15, -0.1) is 0 Å². The summed E-state index contributed by atoms with van der Waals surface area (Å²) in [5.41, 5.74) is 0. The van der Waals surface area contributed by atoms with Crippen LogP contribution in [-0.4, -0.2) is 39.0 Å². The van der Waals surface area contributed by atoms with Crippen molar-refractivity contribution in [2.45, 2.75) is 57.5 Å². The van der Waals surface area contributed by atoms with Crippen LogP contribution in [0.3, 0.4) is 0 Å². The standard InChI is InChI=1S/C16H27NO4S/c1-7-12(3)17(13(4)8-2)22(18,19)16-11-14(20-5)9-10-15(16)21-6/h9-13H,7-8H2,1-6H3/t12-,13-/m0/s1. The Morgan fingerprint density at radius 1 is 1.05 bits per heavy atom. The quantitative estimate of drug-likeness (QED) is 0.734. The molecule has 0 aromatic heterocycles. The van der Waals surface area contributed by atoms with Crippen molar-refractivity contribution in [2.75, 3.05) is 14.2 Å². The average Bonchev–Trinajstić information content (AvgIpc) is 2.53. The minimum Gasteiger partial charge on any atom is -0.497 e. The first-order valence-corrected chi connectivity index (χ1v) is 9.02. The lowest BCUT2D eigenvalue weighted by Crippen LogP contribution is -2.44. The molecule has 1 rings (SSSR count). The Morgan fingerprint density at radius 2 is 1.59 bits per heavy atom. The van der Waals surface area contributed by atoms with Gasteiger partial charge in [-0.05, 0) is 38.8 Å². The van der Waals surface area contributed by atoms with E-state index < -0.39 is 10.0 Å². The van der Waals surface area contributed by atoms with Gasteiger partial charge in [0.25, 0.3) is 0 Å². The molecule has 126 valence electrons. The van der Waals surface area contributed by atoms with E-state index in [0.29, 0.717) is 11.5 Å². The van der Waals surface area contributed by atoms with Crippen LogP contribution in [0.2, 0.25) is 0 Å². The van der Waals surface area contributed by atoms with Crippen molar-refractivity contribution in [3.05, 3.63) is 18.2 Å². The molecule has 0 aliphatic carbocycles. The molecule has 0 aliphatic rings. The van der Waals surface area contributed by atoms with E-state index in [0.717, 1.165) is 12.8 Å². The summed E-state index contributed by atoms with van der Waals surface area (Å²) in [6, 6.07) is 4.66. The highest BCUT2D eigenvalue weighted by Crippen LogP contribution is 2.33. The van der Waals surface area contributed by atoms with Gasteiger partial charge >= 0.3 is 0 Å². The highest BCUT2D eigenvalue weighted by molar-refractivity contribution is 7.89. The molecule has 0 radical (unpaired) electrons. The molecular weight excluding hydrogens is 302 g/mol. The third-order valence-corrected chi connectivity index (χ3v) is 6.13. The predicted molar refractivity (Wildman–Crippen MR) is 88.1 cm³/mol.